The first-order chi connectivity index (χ1) is 11.5. The van der Waals surface area contributed by atoms with Gasteiger partial charge in [-0.25, -0.2) is 4.57 Å². The van der Waals surface area contributed by atoms with Crippen LogP contribution in [0.3, 0.4) is 0 Å². The van der Waals surface area contributed by atoms with Gasteiger partial charge in [0.1, 0.15) is 6.61 Å². The first-order valence-electron chi connectivity index (χ1n) is 7.90. The first kappa shape index (κ1) is 23.6. The van der Waals surface area contributed by atoms with E-state index in [1.165, 1.54) is 6.92 Å². The Balaban J connectivity index is 4.52. The summed E-state index contributed by atoms with van der Waals surface area (Å²) in [4.78, 5) is 20.6. The van der Waals surface area contributed by atoms with Gasteiger partial charge in [0.25, 0.3) is 0 Å². The average molecular weight is 376 g/mol. The zero-order valence-corrected chi connectivity index (χ0v) is 16.2. The summed E-state index contributed by atoms with van der Waals surface area (Å²) in [6, 6.07) is 0. The molecule has 0 saturated carbocycles. The zero-order chi connectivity index (χ0) is 19.5. The van der Waals surface area contributed by atoms with Crippen molar-refractivity contribution in [2.24, 2.45) is 0 Å². The van der Waals surface area contributed by atoms with Crippen LogP contribution in [0.5, 0.6) is 0 Å². The predicted octanol–water partition coefficient (Wildman–Crippen LogP) is 3.90. The number of hydrogen-bond donors (Lipinski definition) is 1. The quantitative estimate of drug-likeness (QED) is 0.213. The third-order valence-electron chi connectivity index (χ3n) is 2.84. The number of phosphoric ester groups is 1. The van der Waals surface area contributed by atoms with Crippen molar-refractivity contribution in [3.63, 3.8) is 0 Å². The van der Waals surface area contributed by atoms with Crippen molar-refractivity contribution < 1.29 is 32.8 Å². The normalized spacial score (nSPS) is 14.2. The highest BCUT2D eigenvalue weighted by Crippen LogP contribution is 2.43. The lowest BCUT2D eigenvalue weighted by molar-refractivity contribution is -0.145. The maximum Gasteiger partial charge on any atom is 0.472 e. The second-order valence-corrected chi connectivity index (χ2v) is 7.30. The van der Waals surface area contributed by atoms with Crippen LogP contribution in [0, 0.1) is 0 Å². The fraction of sp³-hybridized carbons (Fsp3) is 0.588. The van der Waals surface area contributed by atoms with Crippen molar-refractivity contribution in [1.29, 1.82) is 0 Å². The molecule has 0 spiro atoms. The fourth-order valence-electron chi connectivity index (χ4n) is 1.52. The first-order valence-corrected chi connectivity index (χ1v) is 9.40. The van der Waals surface area contributed by atoms with Crippen LogP contribution in [0.2, 0.25) is 0 Å². The van der Waals surface area contributed by atoms with Gasteiger partial charge in [-0.1, -0.05) is 17.7 Å². The predicted molar refractivity (Wildman–Crippen MR) is 95.9 cm³/mol. The molecular formula is C17H29O7P. The van der Waals surface area contributed by atoms with E-state index in [0.717, 1.165) is 11.1 Å². The summed E-state index contributed by atoms with van der Waals surface area (Å²) in [5.74, 6) is -0.0502. The van der Waals surface area contributed by atoms with Crippen LogP contribution < -0.4 is 0 Å². The summed E-state index contributed by atoms with van der Waals surface area (Å²) in [5.41, 5.74) is 1.80. The van der Waals surface area contributed by atoms with Gasteiger partial charge in [0.15, 0.2) is 6.10 Å². The third kappa shape index (κ3) is 14.6. The van der Waals surface area contributed by atoms with Gasteiger partial charge < -0.3 is 14.4 Å². The Labute approximate surface area is 149 Å². The highest BCUT2D eigenvalue weighted by Gasteiger charge is 2.24. The molecule has 0 fully saturated rings. The molecule has 144 valence electrons. The summed E-state index contributed by atoms with van der Waals surface area (Å²) in [6.45, 7) is 15.8. The number of allylic oxidation sites excluding steroid dienone is 2. The smallest absolute Gasteiger partial charge is 0.472 e. The highest BCUT2D eigenvalue weighted by atomic mass is 31.2. The van der Waals surface area contributed by atoms with Crippen molar-refractivity contribution in [3.8, 4) is 0 Å². The molecule has 0 aliphatic carbocycles. The van der Waals surface area contributed by atoms with Gasteiger partial charge in [0.2, 0.25) is 0 Å². The number of esters is 1. The third-order valence-corrected chi connectivity index (χ3v) is 3.83. The molecule has 2 atom stereocenters. The number of phosphoric acid groups is 1. The molecule has 0 aliphatic rings. The summed E-state index contributed by atoms with van der Waals surface area (Å²) in [6.07, 6.45) is 0.908. The minimum absolute atomic E-state index is 0.0178. The van der Waals surface area contributed by atoms with Crippen molar-refractivity contribution in [3.05, 3.63) is 36.6 Å². The van der Waals surface area contributed by atoms with E-state index in [4.69, 9.17) is 18.5 Å². The van der Waals surface area contributed by atoms with E-state index in [2.05, 4.69) is 19.7 Å². The molecule has 0 aromatic carbocycles. The molecule has 0 heterocycles. The SMILES string of the molecule is C=C(C)CCOP(=O)(O)OC[C@H](COC(C)=O)OC(=C)CCC(=C)C. The zero-order valence-electron chi connectivity index (χ0n) is 15.3. The van der Waals surface area contributed by atoms with Gasteiger partial charge in [-0.15, -0.1) is 13.2 Å². The molecular weight excluding hydrogens is 347 g/mol. The van der Waals surface area contributed by atoms with E-state index >= 15 is 0 Å². The molecule has 7 nitrogen and oxygen atoms in total. The maximum atomic E-state index is 11.8. The standard InChI is InChI=1S/C17H29O7P/c1-13(2)7-8-15(5)24-17(11-21-16(6)18)12-23-25(19,20)22-10-9-14(3)4/h17H,1,3,5,7-12H2,2,4,6H3,(H,19,20)/t17-/m0/s1. The summed E-state index contributed by atoms with van der Waals surface area (Å²) < 4.78 is 32.0. The number of rotatable bonds is 14. The van der Waals surface area contributed by atoms with Gasteiger partial charge in [-0.3, -0.25) is 13.8 Å². The van der Waals surface area contributed by atoms with Crippen LogP contribution in [0.15, 0.2) is 36.6 Å². The van der Waals surface area contributed by atoms with Gasteiger partial charge in [0.05, 0.1) is 19.0 Å². The fourth-order valence-corrected chi connectivity index (χ4v) is 2.27. The van der Waals surface area contributed by atoms with Crippen molar-refractivity contribution in [2.75, 3.05) is 19.8 Å². The molecule has 1 unspecified atom stereocenters. The topological polar surface area (TPSA) is 91.3 Å². The van der Waals surface area contributed by atoms with E-state index < -0.39 is 19.9 Å². The van der Waals surface area contributed by atoms with Crippen LogP contribution in [-0.2, 0) is 27.9 Å². The van der Waals surface area contributed by atoms with Gasteiger partial charge in [0, 0.05) is 13.3 Å². The van der Waals surface area contributed by atoms with Crippen LogP contribution in [0.1, 0.15) is 40.0 Å². The van der Waals surface area contributed by atoms with Crippen LogP contribution in [0.4, 0.5) is 0 Å². The maximum absolute atomic E-state index is 11.8. The lowest BCUT2D eigenvalue weighted by Gasteiger charge is -2.21. The molecule has 0 aromatic heterocycles. The molecule has 0 aromatic rings. The molecule has 1 N–H and O–H groups in total. The number of hydrogen-bond acceptors (Lipinski definition) is 6. The van der Waals surface area contributed by atoms with Crippen molar-refractivity contribution >= 4 is 13.8 Å². The monoisotopic (exact) mass is 376 g/mol. The lowest BCUT2D eigenvalue weighted by Crippen LogP contribution is -2.26. The van der Waals surface area contributed by atoms with E-state index in [1.54, 1.807) is 6.92 Å². The summed E-state index contributed by atoms with van der Waals surface area (Å²) in [5, 5.41) is 0. The second-order valence-electron chi connectivity index (χ2n) is 5.84. The van der Waals surface area contributed by atoms with E-state index in [1.807, 2.05) is 6.92 Å². The van der Waals surface area contributed by atoms with Crippen LogP contribution >= 0.6 is 7.82 Å². The molecule has 8 heteroatoms. The Morgan fingerprint density at radius 1 is 1.00 bits per heavy atom. The molecule has 0 bridgehead atoms. The van der Waals surface area contributed by atoms with E-state index in [-0.39, 0.29) is 19.8 Å². The molecule has 25 heavy (non-hydrogen) atoms. The molecule has 0 rings (SSSR count). The minimum Gasteiger partial charge on any atom is -0.489 e. The van der Waals surface area contributed by atoms with E-state index in [9.17, 15) is 14.3 Å². The van der Waals surface area contributed by atoms with Crippen LogP contribution in [0.25, 0.3) is 0 Å². The van der Waals surface area contributed by atoms with Crippen molar-refractivity contribution in [1.82, 2.24) is 0 Å². The van der Waals surface area contributed by atoms with Gasteiger partial charge in [-0.2, -0.15) is 0 Å². The van der Waals surface area contributed by atoms with E-state index in [0.29, 0.717) is 25.0 Å². The molecule has 0 amide bonds. The van der Waals surface area contributed by atoms with Gasteiger partial charge in [-0.05, 0) is 26.7 Å². The van der Waals surface area contributed by atoms with Crippen molar-refractivity contribution in [2.45, 2.75) is 46.1 Å². The lowest BCUT2D eigenvalue weighted by atomic mass is 10.2. The summed E-state index contributed by atoms with van der Waals surface area (Å²) >= 11 is 0. The Hall–Kier alpha value is -1.40. The molecule has 0 radical (unpaired) electrons. The number of carbonyl (C=O) groups excluding carboxylic acids is 1. The summed E-state index contributed by atoms with van der Waals surface area (Å²) in [7, 11) is -4.23. The van der Waals surface area contributed by atoms with Gasteiger partial charge >= 0.3 is 13.8 Å². The average Bonchev–Trinajstić information content (AvgIpc) is 2.47. The van der Waals surface area contributed by atoms with Crippen LogP contribution in [-0.4, -0.2) is 36.8 Å². The highest BCUT2D eigenvalue weighted by molar-refractivity contribution is 7.47. The molecule has 0 aliphatic heterocycles. The Bertz CT molecular complexity index is 527. The Kier molecular flexibility index (Phi) is 11.4. The second kappa shape index (κ2) is 12.0. The Morgan fingerprint density at radius 3 is 2.12 bits per heavy atom. The molecule has 0 saturated heterocycles. The largest absolute Gasteiger partial charge is 0.489 e. The number of carbonyl (C=O) groups is 1. The number of ether oxygens (including phenoxy) is 2. The minimum atomic E-state index is -4.23. The Morgan fingerprint density at radius 2 is 1.60 bits per heavy atom.